The highest BCUT2D eigenvalue weighted by Gasteiger charge is 2.46. The largest absolute Gasteiger partial charge is 0.309 e. The van der Waals surface area contributed by atoms with Crippen molar-refractivity contribution in [2.24, 2.45) is 0 Å². The van der Waals surface area contributed by atoms with E-state index in [4.69, 9.17) is 0 Å². The van der Waals surface area contributed by atoms with E-state index in [2.05, 4.69) is 166 Å². The van der Waals surface area contributed by atoms with Crippen LogP contribution in [0.25, 0.3) is 27.5 Å². The van der Waals surface area contributed by atoms with Crippen molar-refractivity contribution in [2.45, 2.75) is 6.42 Å². The SMILES string of the molecule is Brc1cccc2c1Cc1ccccc1[Si]2(c1ccccc1)c1cccc(-n2c3ccccc3c3ccccc32)c1. The van der Waals surface area contributed by atoms with E-state index in [1.54, 1.807) is 0 Å². The zero-order valence-electron chi connectivity index (χ0n) is 21.9. The predicted molar refractivity (Wildman–Crippen MR) is 175 cm³/mol. The maximum atomic E-state index is 3.95. The molecule has 1 nitrogen and oxygen atoms in total. The van der Waals surface area contributed by atoms with Gasteiger partial charge >= 0.3 is 0 Å². The van der Waals surface area contributed by atoms with E-state index in [9.17, 15) is 0 Å². The van der Waals surface area contributed by atoms with Crippen LogP contribution in [0.1, 0.15) is 11.1 Å². The molecule has 8 rings (SSSR count). The van der Waals surface area contributed by atoms with Gasteiger partial charge in [-0.3, -0.25) is 0 Å². The molecule has 0 aliphatic carbocycles. The molecule has 3 heteroatoms. The van der Waals surface area contributed by atoms with Crippen molar-refractivity contribution in [2.75, 3.05) is 0 Å². The van der Waals surface area contributed by atoms with Crippen molar-refractivity contribution >= 4 is 66.6 Å². The zero-order valence-corrected chi connectivity index (χ0v) is 24.5. The molecule has 0 saturated heterocycles. The first-order valence-corrected chi connectivity index (χ1v) is 16.6. The first-order chi connectivity index (χ1) is 19.8. The Hall–Kier alpha value is -4.18. The number of halogens is 1. The summed E-state index contributed by atoms with van der Waals surface area (Å²) >= 11 is 3.95. The second kappa shape index (κ2) is 9.19. The van der Waals surface area contributed by atoms with Crippen LogP contribution in [-0.2, 0) is 6.42 Å². The fourth-order valence-corrected chi connectivity index (χ4v) is 13.0. The fourth-order valence-electron chi connectivity index (χ4n) is 7.02. The van der Waals surface area contributed by atoms with Crippen LogP contribution in [0.2, 0.25) is 0 Å². The Morgan fingerprint density at radius 1 is 0.525 bits per heavy atom. The van der Waals surface area contributed by atoms with Gasteiger partial charge in [0.2, 0.25) is 0 Å². The third-order valence-electron chi connectivity index (χ3n) is 8.64. The molecular weight excluding hydrogens is 566 g/mol. The Kier molecular flexibility index (Phi) is 5.44. The lowest BCUT2D eigenvalue weighted by molar-refractivity contribution is 1.18. The molecule has 0 bridgehead atoms. The molecule has 6 aromatic carbocycles. The van der Waals surface area contributed by atoms with Gasteiger partial charge in [-0.2, -0.15) is 0 Å². The lowest BCUT2D eigenvalue weighted by Gasteiger charge is -2.41. The molecule has 1 aliphatic heterocycles. The molecule has 190 valence electrons. The van der Waals surface area contributed by atoms with Gasteiger partial charge in [0.05, 0.1) is 11.0 Å². The molecule has 1 atom stereocenters. The van der Waals surface area contributed by atoms with E-state index >= 15 is 0 Å². The minimum Gasteiger partial charge on any atom is -0.309 e. The first-order valence-electron chi connectivity index (χ1n) is 13.8. The van der Waals surface area contributed by atoms with Crippen LogP contribution in [0.5, 0.6) is 0 Å². The zero-order chi connectivity index (χ0) is 26.7. The molecule has 40 heavy (non-hydrogen) atoms. The number of nitrogens with zero attached hydrogens (tertiary/aromatic N) is 1. The van der Waals surface area contributed by atoms with Gasteiger partial charge in [-0.15, -0.1) is 0 Å². The van der Waals surface area contributed by atoms with Crippen LogP contribution in [0, 0.1) is 0 Å². The second-order valence-electron chi connectivity index (χ2n) is 10.6. The van der Waals surface area contributed by atoms with Crippen LogP contribution in [0.15, 0.2) is 150 Å². The van der Waals surface area contributed by atoms with Gasteiger partial charge < -0.3 is 4.57 Å². The molecule has 1 aromatic heterocycles. The summed E-state index contributed by atoms with van der Waals surface area (Å²) in [6.45, 7) is 0. The van der Waals surface area contributed by atoms with Crippen molar-refractivity contribution in [1.29, 1.82) is 0 Å². The predicted octanol–water partition coefficient (Wildman–Crippen LogP) is 6.83. The van der Waals surface area contributed by atoms with Gasteiger partial charge in [0.15, 0.2) is 8.07 Å². The summed E-state index contributed by atoms with van der Waals surface area (Å²) in [7, 11) is -2.63. The minimum absolute atomic E-state index is 0.946. The van der Waals surface area contributed by atoms with Crippen molar-refractivity contribution in [3.63, 3.8) is 0 Å². The van der Waals surface area contributed by atoms with Gasteiger partial charge in [0.1, 0.15) is 0 Å². The molecule has 1 aliphatic rings. The number of fused-ring (bicyclic) bond motifs is 5. The molecule has 0 radical (unpaired) electrons. The highest BCUT2D eigenvalue weighted by molar-refractivity contribution is 9.10. The lowest BCUT2D eigenvalue weighted by Crippen LogP contribution is -2.77. The molecule has 0 fully saturated rings. The number of hydrogen-bond donors (Lipinski definition) is 0. The van der Waals surface area contributed by atoms with Crippen molar-refractivity contribution < 1.29 is 0 Å². The van der Waals surface area contributed by atoms with Gasteiger partial charge in [0.25, 0.3) is 0 Å². The standard InChI is InChI=1S/C37H26BrNSi/c38-33-19-11-23-37-32(33)24-26-12-4-9-22-36(26)40(37,28-14-2-1-3-15-28)29-16-10-13-27(25-29)39-34-20-7-5-17-30(34)31-18-6-8-21-35(31)39/h1-23,25H,24H2. The third kappa shape index (κ3) is 3.31. The summed E-state index contributed by atoms with van der Waals surface area (Å²) in [6.07, 6.45) is 0.946. The Bertz CT molecular complexity index is 2010. The summed E-state index contributed by atoms with van der Waals surface area (Å²) in [5, 5.41) is 8.37. The van der Waals surface area contributed by atoms with E-state index < -0.39 is 8.07 Å². The maximum absolute atomic E-state index is 3.95. The normalized spacial score (nSPS) is 16.1. The summed E-state index contributed by atoms with van der Waals surface area (Å²) < 4.78 is 3.64. The molecular formula is C37H26BrNSi. The van der Waals surface area contributed by atoms with E-state index in [0.717, 1.165) is 6.42 Å². The van der Waals surface area contributed by atoms with E-state index in [-0.39, 0.29) is 0 Å². The van der Waals surface area contributed by atoms with Crippen molar-refractivity contribution in [1.82, 2.24) is 4.57 Å². The Balaban J connectivity index is 1.50. The Labute approximate surface area is 243 Å². The number of aromatic nitrogens is 1. The van der Waals surface area contributed by atoms with Crippen LogP contribution in [0.4, 0.5) is 0 Å². The first kappa shape index (κ1) is 23.7. The van der Waals surface area contributed by atoms with Crippen LogP contribution in [0.3, 0.4) is 0 Å². The van der Waals surface area contributed by atoms with Crippen LogP contribution >= 0.6 is 15.9 Å². The molecule has 0 saturated carbocycles. The quantitative estimate of drug-likeness (QED) is 0.198. The molecule has 2 heterocycles. The highest BCUT2D eigenvalue weighted by Crippen LogP contribution is 2.32. The van der Waals surface area contributed by atoms with Crippen molar-refractivity contribution in [3.05, 3.63) is 161 Å². The minimum atomic E-state index is -2.63. The molecule has 7 aromatic rings. The molecule has 0 N–H and O–H groups in total. The van der Waals surface area contributed by atoms with Gasteiger partial charge in [-0.05, 0) is 68.6 Å². The Morgan fingerprint density at radius 3 is 1.90 bits per heavy atom. The monoisotopic (exact) mass is 591 g/mol. The lowest BCUT2D eigenvalue weighted by atomic mass is 10.0. The summed E-state index contributed by atoms with van der Waals surface area (Å²) in [5.74, 6) is 0. The van der Waals surface area contributed by atoms with Crippen molar-refractivity contribution in [3.8, 4) is 5.69 Å². The van der Waals surface area contributed by atoms with Gasteiger partial charge in [-0.1, -0.05) is 131 Å². The molecule has 0 amide bonds. The number of rotatable bonds is 3. The van der Waals surface area contributed by atoms with E-state index in [0.29, 0.717) is 0 Å². The number of para-hydroxylation sites is 2. The summed E-state index contributed by atoms with van der Waals surface area (Å²) in [4.78, 5) is 0. The topological polar surface area (TPSA) is 4.93 Å². The number of hydrogen-bond acceptors (Lipinski definition) is 0. The van der Waals surface area contributed by atoms with E-state index in [1.807, 2.05) is 0 Å². The average Bonchev–Trinajstić information content (AvgIpc) is 3.35. The van der Waals surface area contributed by atoms with E-state index in [1.165, 1.54) is 63.8 Å². The van der Waals surface area contributed by atoms with Gasteiger partial charge in [-0.25, -0.2) is 0 Å². The summed E-state index contributed by atoms with van der Waals surface area (Å²) in [5.41, 5.74) is 6.53. The molecule has 0 spiro atoms. The molecule has 1 unspecified atom stereocenters. The second-order valence-corrected chi connectivity index (χ2v) is 15.2. The third-order valence-corrected chi connectivity index (χ3v) is 14.3. The smallest absolute Gasteiger partial charge is 0.180 e. The average molecular weight is 593 g/mol. The van der Waals surface area contributed by atoms with Gasteiger partial charge in [0, 0.05) is 20.9 Å². The van der Waals surface area contributed by atoms with Crippen LogP contribution < -0.4 is 20.7 Å². The Morgan fingerprint density at radius 2 is 1.12 bits per heavy atom. The fraction of sp³-hybridized carbons (Fsp3) is 0.0270. The number of benzene rings is 6. The summed E-state index contributed by atoms with van der Waals surface area (Å²) in [6, 6.07) is 54.1. The highest BCUT2D eigenvalue weighted by atomic mass is 79.9. The maximum Gasteiger partial charge on any atom is 0.180 e. The van der Waals surface area contributed by atoms with Crippen LogP contribution in [-0.4, -0.2) is 12.6 Å².